The van der Waals surface area contributed by atoms with E-state index >= 15 is 0 Å². The van der Waals surface area contributed by atoms with Crippen LogP contribution in [0.2, 0.25) is 0 Å². The van der Waals surface area contributed by atoms with Crippen LogP contribution in [-0.2, 0) is 9.84 Å². The Morgan fingerprint density at radius 1 is 0.931 bits per heavy atom. The lowest BCUT2D eigenvalue weighted by Crippen LogP contribution is -2.28. The molecule has 0 saturated carbocycles. The molecule has 0 aromatic heterocycles. The normalized spacial score (nSPS) is 12.3. The van der Waals surface area contributed by atoms with E-state index in [0.29, 0.717) is 18.5 Å². The smallest absolute Gasteiger partial charge is 0.216 e. The average Bonchev–Trinajstić information content (AvgIpc) is 2.75. The van der Waals surface area contributed by atoms with Gasteiger partial charge in [0.15, 0.2) is 17.8 Å². The van der Waals surface area contributed by atoms with Crippen molar-refractivity contribution in [3.05, 3.63) is 54.1 Å². The number of para-hydroxylation sites is 1. The highest BCUT2D eigenvalue weighted by atomic mass is 32.2. The molecule has 0 bridgehead atoms. The number of ether oxygens (including phenoxy) is 2. The summed E-state index contributed by atoms with van der Waals surface area (Å²) in [7, 11) is -2.28. The summed E-state index contributed by atoms with van der Waals surface area (Å²) in [5.41, 5.74) is -0.827. The number of rotatable bonds is 13. The van der Waals surface area contributed by atoms with Crippen molar-refractivity contribution < 1.29 is 22.7 Å². The van der Waals surface area contributed by atoms with Crippen LogP contribution >= 0.6 is 0 Å². The van der Waals surface area contributed by atoms with E-state index in [9.17, 15) is 13.2 Å². The standard InChI is InChI=1S/C23H30O5S/c1-3-4-5-6-7-11-17-22(29(25,26)20-14-9-8-10-15-20)28-23-19(18-24)13-12-16-21(23)27-2/h8-10,12-16,18,22H,3-7,11,17H2,1-2H3. The van der Waals surface area contributed by atoms with Crippen LogP contribution in [0.4, 0.5) is 0 Å². The maximum absolute atomic E-state index is 13.2. The van der Waals surface area contributed by atoms with Crippen LogP contribution < -0.4 is 9.47 Å². The summed E-state index contributed by atoms with van der Waals surface area (Å²) < 4.78 is 37.8. The van der Waals surface area contributed by atoms with Crippen molar-refractivity contribution in [3.8, 4) is 11.5 Å². The fourth-order valence-electron chi connectivity index (χ4n) is 3.17. The van der Waals surface area contributed by atoms with Crippen molar-refractivity contribution in [1.82, 2.24) is 0 Å². The minimum Gasteiger partial charge on any atom is -0.493 e. The predicted octanol–water partition coefficient (Wildman–Crippen LogP) is 5.44. The van der Waals surface area contributed by atoms with E-state index in [1.165, 1.54) is 13.5 Å². The predicted molar refractivity (Wildman–Crippen MR) is 114 cm³/mol. The van der Waals surface area contributed by atoms with Gasteiger partial charge in [-0.1, -0.05) is 63.3 Å². The van der Waals surface area contributed by atoms with Crippen molar-refractivity contribution in [3.63, 3.8) is 0 Å². The van der Waals surface area contributed by atoms with Gasteiger partial charge in [0.1, 0.15) is 0 Å². The SMILES string of the molecule is CCCCCCCCC(Oc1c(C=O)cccc1OC)S(=O)(=O)c1ccccc1. The number of methoxy groups -OCH3 is 1. The topological polar surface area (TPSA) is 69.7 Å². The van der Waals surface area contributed by atoms with Crippen molar-refractivity contribution >= 4 is 16.1 Å². The Kier molecular flexibility index (Phi) is 9.19. The molecule has 2 rings (SSSR count). The van der Waals surface area contributed by atoms with Gasteiger partial charge in [-0.25, -0.2) is 8.42 Å². The first-order valence-electron chi connectivity index (χ1n) is 10.1. The Balaban J connectivity index is 2.27. The third-order valence-electron chi connectivity index (χ3n) is 4.82. The summed E-state index contributed by atoms with van der Waals surface area (Å²) in [6, 6.07) is 13.2. The molecule has 0 aliphatic carbocycles. The number of benzene rings is 2. The highest BCUT2D eigenvalue weighted by molar-refractivity contribution is 7.92. The third-order valence-corrected chi connectivity index (χ3v) is 6.77. The molecule has 0 spiro atoms. The van der Waals surface area contributed by atoms with E-state index in [4.69, 9.17) is 9.47 Å². The van der Waals surface area contributed by atoms with E-state index < -0.39 is 15.3 Å². The minimum absolute atomic E-state index is 0.167. The van der Waals surface area contributed by atoms with Gasteiger partial charge in [-0.3, -0.25) is 4.79 Å². The van der Waals surface area contributed by atoms with Gasteiger partial charge >= 0.3 is 0 Å². The molecule has 2 aromatic rings. The molecular weight excluding hydrogens is 388 g/mol. The minimum atomic E-state index is -3.74. The van der Waals surface area contributed by atoms with Crippen molar-refractivity contribution in [2.45, 2.75) is 62.2 Å². The molecule has 1 unspecified atom stereocenters. The number of aldehydes is 1. The van der Waals surface area contributed by atoms with Crippen LogP contribution in [0.1, 0.15) is 62.2 Å². The van der Waals surface area contributed by atoms with Gasteiger partial charge in [0.2, 0.25) is 15.3 Å². The van der Waals surface area contributed by atoms with Gasteiger partial charge in [-0.15, -0.1) is 0 Å². The number of unbranched alkanes of at least 4 members (excludes halogenated alkanes) is 5. The molecule has 0 amide bonds. The Morgan fingerprint density at radius 2 is 1.62 bits per heavy atom. The second-order valence-electron chi connectivity index (χ2n) is 6.96. The van der Waals surface area contributed by atoms with Crippen LogP contribution in [0, 0.1) is 0 Å². The lowest BCUT2D eigenvalue weighted by atomic mass is 10.1. The monoisotopic (exact) mass is 418 g/mol. The zero-order chi connectivity index (χ0) is 21.1. The van der Waals surface area contributed by atoms with Crippen LogP contribution in [0.15, 0.2) is 53.4 Å². The Labute approximate surface area is 174 Å². The van der Waals surface area contributed by atoms with Crippen LogP contribution in [0.5, 0.6) is 11.5 Å². The molecule has 0 radical (unpaired) electrons. The van der Waals surface area contributed by atoms with Crippen LogP contribution in [-0.4, -0.2) is 27.2 Å². The van der Waals surface area contributed by atoms with Crippen molar-refractivity contribution in [2.75, 3.05) is 7.11 Å². The number of carbonyl (C=O) groups is 1. The highest BCUT2D eigenvalue weighted by Gasteiger charge is 2.30. The first kappa shape index (κ1) is 22.9. The molecule has 6 heteroatoms. The van der Waals surface area contributed by atoms with Gasteiger partial charge in [0.05, 0.1) is 17.6 Å². The molecular formula is C23H30O5S. The van der Waals surface area contributed by atoms with Gasteiger partial charge < -0.3 is 9.47 Å². The van der Waals surface area contributed by atoms with E-state index in [-0.39, 0.29) is 16.2 Å². The summed E-state index contributed by atoms with van der Waals surface area (Å²) in [4.78, 5) is 11.7. The summed E-state index contributed by atoms with van der Waals surface area (Å²) >= 11 is 0. The molecule has 5 nitrogen and oxygen atoms in total. The number of hydrogen-bond acceptors (Lipinski definition) is 5. The van der Waals surface area contributed by atoms with E-state index in [1.807, 2.05) is 0 Å². The molecule has 0 aliphatic heterocycles. The van der Waals surface area contributed by atoms with Gasteiger partial charge in [0, 0.05) is 0 Å². The molecule has 158 valence electrons. The Hall–Kier alpha value is -2.34. The molecule has 0 heterocycles. The second kappa shape index (κ2) is 11.6. The van der Waals surface area contributed by atoms with Gasteiger partial charge in [0.25, 0.3) is 0 Å². The molecule has 2 aromatic carbocycles. The van der Waals surface area contributed by atoms with Crippen LogP contribution in [0.3, 0.4) is 0 Å². The maximum atomic E-state index is 13.2. The van der Waals surface area contributed by atoms with Crippen molar-refractivity contribution in [2.24, 2.45) is 0 Å². The molecule has 0 saturated heterocycles. The van der Waals surface area contributed by atoms with E-state index in [2.05, 4.69) is 6.92 Å². The summed E-state index contributed by atoms with van der Waals surface area (Å²) in [5.74, 6) is 0.506. The van der Waals surface area contributed by atoms with Gasteiger partial charge in [-0.2, -0.15) is 0 Å². The zero-order valence-corrected chi connectivity index (χ0v) is 18.0. The molecule has 0 aliphatic rings. The Bertz CT molecular complexity index is 862. The second-order valence-corrected chi connectivity index (χ2v) is 9.05. The molecule has 0 N–H and O–H groups in total. The highest BCUT2D eigenvalue weighted by Crippen LogP contribution is 2.34. The summed E-state index contributed by atoms with van der Waals surface area (Å²) in [5, 5.41) is 0. The summed E-state index contributed by atoms with van der Waals surface area (Å²) in [6.07, 6.45) is 7.23. The zero-order valence-electron chi connectivity index (χ0n) is 17.2. The fourth-order valence-corrected chi connectivity index (χ4v) is 4.71. The number of hydrogen-bond donors (Lipinski definition) is 0. The van der Waals surface area contributed by atoms with Crippen LogP contribution in [0.25, 0.3) is 0 Å². The molecule has 0 fully saturated rings. The Morgan fingerprint density at radius 3 is 2.28 bits per heavy atom. The molecule has 1 atom stereocenters. The summed E-state index contributed by atoms with van der Waals surface area (Å²) in [6.45, 7) is 2.16. The lowest BCUT2D eigenvalue weighted by molar-refractivity contribution is 0.111. The fraction of sp³-hybridized carbons (Fsp3) is 0.435. The first-order valence-corrected chi connectivity index (χ1v) is 11.7. The number of carbonyl (C=O) groups excluding carboxylic acids is 1. The van der Waals surface area contributed by atoms with Crippen molar-refractivity contribution in [1.29, 1.82) is 0 Å². The van der Waals surface area contributed by atoms with Gasteiger partial charge in [-0.05, 0) is 37.1 Å². The first-order chi connectivity index (χ1) is 14.0. The largest absolute Gasteiger partial charge is 0.493 e. The lowest BCUT2D eigenvalue weighted by Gasteiger charge is -2.22. The molecule has 29 heavy (non-hydrogen) atoms. The van der Waals surface area contributed by atoms with E-state index in [1.54, 1.807) is 48.5 Å². The average molecular weight is 419 g/mol. The third kappa shape index (κ3) is 6.32. The maximum Gasteiger partial charge on any atom is 0.216 e. The number of sulfone groups is 1. The van der Waals surface area contributed by atoms with E-state index in [0.717, 1.165) is 32.1 Å². The quantitative estimate of drug-likeness (QED) is 0.320.